The summed E-state index contributed by atoms with van der Waals surface area (Å²) in [4.78, 5) is 0. The summed E-state index contributed by atoms with van der Waals surface area (Å²) in [7, 11) is 0. The van der Waals surface area contributed by atoms with Gasteiger partial charge in [0.2, 0.25) is 0 Å². The third-order valence-corrected chi connectivity index (χ3v) is 0.810. The molecule has 0 heteroatoms. The summed E-state index contributed by atoms with van der Waals surface area (Å²) in [5, 5.41) is 0. The fraction of sp³-hybridized carbons (Fsp3) is 0.250. The van der Waals surface area contributed by atoms with Gasteiger partial charge in [0.1, 0.15) is 0 Å². The maximum absolute atomic E-state index is 3.57. The highest BCUT2D eigenvalue weighted by Crippen LogP contribution is 1.92. The van der Waals surface area contributed by atoms with Crippen LogP contribution in [0.15, 0.2) is 36.5 Å². The van der Waals surface area contributed by atoms with Gasteiger partial charge in [-0.05, 0) is 13.8 Å². The van der Waals surface area contributed by atoms with E-state index in [1.807, 2.05) is 32.1 Å². The lowest BCUT2D eigenvalue weighted by molar-refractivity contribution is 1.51. The molecule has 44 valence electrons. The Bertz CT molecular complexity index is 116. The molecule has 0 aromatic rings. The van der Waals surface area contributed by atoms with Gasteiger partial charge in [-0.1, -0.05) is 36.5 Å². The molecule has 0 aliphatic rings. The van der Waals surface area contributed by atoms with E-state index >= 15 is 0 Å². The lowest BCUT2D eigenvalue weighted by Gasteiger charge is -1.82. The summed E-state index contributed by atoms with van der Waals surface area (Å²) in [6.45, 7) is 7.62. The molecule has 0 rings (SSSR count). The van der Waals surface area contributed by atoms with Crippen molar-refractivity contribution in [3.05, 3.63) is 36.5 Å². The Labute approximate surface area is 51.2 Å². The van der Waals surface area contributed by atoms with Crippen molar-refractivity contribution < 1.29 is 0 Å². The van der Waals surface area contributed by atoms with Crippen LogP contribution in [0.25, 0.3) is 0 Å². The molecular formula is C8H12. The second kappa shape index (κ2) is 4.38. The molecule has 0 aliphatic heterocycles. The zero-order valence-corrected chi connectivity index (χ0v) is 5.52. The van der Waals surface area contributed by atoms with Crippen LogP contribution in [0.3, 0.4) is 0 Å². The van der Waals surface area contributed by atoms with E-state index in [-0.39, 0.29) is 0 Å². The van der Waals surface area contributed by atoms with Crippen LogP contribution in [0.4, 0.5) is 0 Å². The Balaban J connectivity index is 3.79. The quantitative estimate of drug-likeness (QED) is 0.477. The van der Waals surface area contributed by atoms with E-state index in [4.69, 9.17) is 0 Å². The van der Waals surface area contributed by atoms with Crippen molar-refractivity contribution in [2.45, 2.75) is 13.8 Å². The number of allylic oxidation sites excluding steroid dienone is 5. The van der Waals surface area contributed by atoms with Crippen LogP contribution in [0, 0.1) is 0 Å². The maximum Gasteiger partial charge on any atom is -0.0398 e. The smallest absolute Gasteiger partial charge is 0.0398 e. The monoisotopic (exact) mass is 108 g/mol. The lowest BCUT2D eigenvalue weighted by atomic mass is 10.2. The molecule has 0 N–H and O–H groups in total. The Morgan fingerprint density at radius 3 is 2.50 bits per heavy atom. The highest BCUT2D eigenvalue weighted by atomic mass is 13.8. The van der Waals surface area contributed by atoms with Gasteiger partial charge >= 0.3 is 0 Å². The highest BCUT2D eigenvalue weighted by molar-refractivity contribution is 5.19. The van der Waals surface area contributed by atoms with Crippen LogP contribution in [-0.2, 0) is 0 Å². The van der Waals surface area contributed by atoms with Crippen molar-refractivity contribution in [2.24, 2.45) is 0 Å². The van der Waals surface area contributed by atoms with E-state index in [2.05, 4.69) is 6.58 Å². The molecule has 0 nitrogen and oxygen atoms in total. The maximum atomic E-state index is 3.57. The summed E-state index contributed by atoms with van der Waals surface area (Å²) in [6, 6.07) is 0. The molecule has 0 bridgehead atoms. The summed E-state index contributed by atoms with van der Waals surface area (Å²) >= 11 is 0. The normalized spacial score (nSPS) is 12.5. The third kappa shape index (κ3) is 3.41. The molecule has 8 heavy (non-hydrogen) atoms. The second-order valence-electron chi connectivity index (χ2n) is 1.65. The minimum Gasteiger partial charge on any atom is -0.0991 e. The van der Waals surface area contributed by atoms with Gasteiger partial charge in [-0.3, -0.25) is 0 Å². The minimum absolute atomic E-state index is 1.24. The molecule has 0 aromatic carbocycles. The molecule has 0 spiro atoms. The summed E-state index contributed by atoms with van der Waals surface area (Å²) in [5.74, 6) is 0. The van der Waals surface area contributed by atoms with Crippen molar-refractivity contribution in [1.82, 2.24) is 0 Å². The molecule has 0 heterocycles. The van der Waals surface area contributed by atoms with E-state index in [1.54, 1.807) is 6.08 Å². The number of rotatable bonds is 2. The van der Waals surface area contributed by atoms with Crippen molar-refractivity contribution in [3.8, 4) is 0 Å². The van der Waals surface area contributed by atoms with Crippen molar-refractivity contribution >= 4 is 0 Å². The van der Waals surface area contributed by atoms with E-state index in [0.717, 1.165) is 0 Å². The van der Waals surface area contributed by atoms with E-state index in [9.17, 15) is 0 Å². The zero-order chi connectivity index (χ0) is 6.41. The lowest BCUT2D eigenvalue weighted by Crippen LogP contribution is -1.61. The predicted molar refractivity (Wildman–Crippen MR) is 38.8 cm³/mol. The van der Waals surface area contributed by atoms with E-state index in [1.165, 1.54) is 5.57 Å². The van der Waals surface area contributed by atoms with Crippen LogP contribution >= 0.6 is 0 Å². The first-order valence-electron chi connectivity index (χ1n) is 2.73. The molecule has 0 aliphatic carbocycles. The molecule has 0 saturated carbocycles. The van der Waals surface area contributed by atoms with Gasteiger partial charge in [0.25, 0.3) is 0 Å². The zero-order valence-electron chi connectivity index (χ0n) is 5.52. The molecule has 0 radical (unpaired) electrons. The SMILES string of the molecule is C=C/C=C(C)\C=C/C. The molecular weight excluding hydrogens is 96.1 g/mol. The van der Waals surface area contributed by atoms with Gasteiger partial charge in [-0.25, -0.2) is 0 Å². The first-order valence-corrected chi connectivity index (χ1v) is 2.73. The first kappa shape index (κ1) is 7.22. The van der Waals surface area contributed by atoms with Gasteiger partial charge in [0.05, 0.1) is 0 Å². The summed E-state index contributed by atoms with van der Waals surface area (Å²) in [5.41, 5.74) is 1.24. The minimum atomic E-state index is 1.24. The number of hydrogen-bond donors (Lipinski definition) is 0. The standard InChI is InChI=1S/C8H12/c1-4-6-8(3)7-5-2/h4-7H,1H2,2-3H3/b7-5-,8-6-. The first-order chi connectivity index (χ1) is 3.81. The molecule has 0 amide bonds. The van der Waals surface area contributed by atoms with Gasteiger partial charge in [0, 0.05) is 0 Å². The Morgan fingerprint density at radius 1 is 1.50 bits per heavy atom. The topological polar surface area (TPSA) is 0 Å². The van der Waals surface area contributed by atoms with Gasteiger partial charge in [-0.2, -0.15) is 0 Å². The van der Waals surface area contributed by atoms with Crippen molar-refractivity contribution in [1.29, 1.82) is 0 Å². The molecule has 0 unspecified atom stereocenters. The van der Waals surface area contributed by atoms with Crippen LogP contribution in [0.2, 0.25) is 0 Å². The Hall–Kier alpha value is -0.780. The van der Waals surface area contributed by atoms with Crippen LogP contribution in [0.5, 0.6) is 0 Å². The van der Waals surface area contributed by atoms with Crippen LogP contribution < -0.4 is 0 Å². The summed E-state index contributed by atoms with van der Waals surface area (Å²) in [6.07, 6.45) is 7.81. The van der Waals surface area contributed by atoms with Crippen LogP contribution in [0.1, 0.15) is 13.8 Å². The molecule has 0 saturated heterocycles. The predicted octanol–water partition coefficient (Wildman–Crippen LogP) is 2.69. The Kier molecular flexibility index (Phi) is 3.95. The third-order valence-electron chi connectivity index (χ3n) is 0.810. The van der Waals surface area contributed by atoms with Crippen LogP contribution in [-0.4, -0.2) is 0 Å². The van der Waals surface area contributed by atoms with Gasteiger partial charge < -0.3 is 0 Å². The van der Waals surface area contributed by atoms with Gasteiger partial charge in [-0.15, -0.1) is 0 Å². The van der Waals surface area contributed by atoms with E-state index < -0.39 is 0 Å². The average molecular weight is 108 g/mol. The van der Waals surface area contributed by atoms with E-state index in [0.29, 0.717) is 0 Å². The average Bonchev–Trinajstić information content (AvgIpc) is 1.68. The van der Waals surface area contributed by atoms with Crippen molar-refractivity contribution in [2.75, 3.05) is 0 Å². The fourth-order valence-corrected chi connectivity index (χ4v) is 0.504. The Morgan fingerprint density at radius 2 is 2.12 bits per heavy atom. The largest absolute Gasteiger partial charge is 0.0991 e. The molecule has 0 aromatic heterocycles. The molecule has 0 atom stereocenters. The summed E-state index contributed by atoms with van der Waals surface area (Å²) < 4.78 is 0. The second-order valence-corrected chi connectivity index (χ2v) is 1.65. The highest BCUT2D eigenvalue weighted by Gasteiger charge is 1.71. The van der Waals surface area contributed by atoms with Crippen molar-refractivity contribution in [3.63, 3.8) is 0 Å². The fourth-order valence-electron chi connectivity index (χ4n) is 0.504. The van der Waals surface area contributed by atoms with Gasteiger partial charge in [0.15, 0.2) is 0 Å². The number of hydrogen-bond acceptors (Lipinski definition) is 0. The molecule has 0 fully saturated rings.